The number of carbonyl (C=O) groups excluding carboxylic acids is 3. The molecule has 2 amide bonds. The van der Waals surface area contributed by atoms with Crippen LogP contribution in [0.5, 0.6) is 0 Å². The van der Waals surface area contributed by atoms with Gasteiger partial charge in [0, 0.05) is 18.4 Å². The molecule has 0 fully saturated rings. The second kappa shape index (κ2) is 10.9. The predicted octanol–water partition coefficient (Wildman–Crippen LogP) is 4.10. The van der Waals surface area contributed by atoms with Crippen LogP contribution >= 0.6 is 23.1 Å². The Bertz CT molecular complexity index is 834. The first-order valence-electron chi connectivity index (χ1n) is 8.98. The van der Waals surface area contributed by atoms with Crippen LogP contribution in [0.15, 0.2) is 35.2 Å². The lowest BCUT2D eigenvalue weighted by Gasteiger charge is -2.06. The molecule has 0 unspecified atom stereocenters. The van der Waals surface area contributed by atoms with Gasteiger partial charge in [-0.05, 0) is 43.7 Å². The fraction of sp³-hybridized carbons (Fsp3) is 0.350. The molecule has 28 heavy (non-hydrogen) atoms. The van der Waals surface area contributed by atoms with Crippen molar-refractivity contribution in [1.29, 1.82) is 0 Å². The Balaban J connectivity index is 2.00. The van der Waals surface area contributed by atoms with Crippen molar-refractivity contribution < 1.29 is 19.1 Å². The highest BCUT2D eigenvalue weighted by Gasteiger charge is 2.25. The monoisotopic (exact) mass is 420 g/mol. The van der Waals surface area contributed by atoms with E-state index >= 15 is 0 Å². The topological polar surface area (TPSA) is 84.5 Å². The highest BCUT2D eigenvalue weighted by molar-refractivity contribution is 7.99. The first kappa shape index (κ1) is 22.0. The van der Waals surface area contributed by atoms with Gasteiger partial charge >= 0.3 is 5.97 Å². The number of thioether (sulfide) groups is 1. The number of rotatable bonds is 9. The molecule has 2 rings (SSSR count). The molecule has 0 radical (unpaired) electrons. The first-order valence-corrected chi connectivity index (χ1v) is 10.8. The maximum Gasteiger partial charge on any atom is 0.348 e. The molecule has 150 valence electrons. The lowest BCUT2D eigenvalue weighted by atomic mass is 10.1. The van der Waals surface area contributed by atoms with Crippen LogP contribution in [0.25, 0.3) is 0 Å². The first-order chi connectivity index (χ1) is 13.5. The van der Waals surface area contributed by atoms with Gasteiger partial charge in [-0.25, -0.2) is 4.79 Å². The van der Waals surface area contributed by atoms with Gasteiger partial charge in [0.2, 0.25) is 5.91 Å². The lowest BCUT2D eigenvalue weighted by molar-refractivity contribution is -0.116. The minimum atomic E-state index is -0.491. The number of nitrogens with one attached hydrogen (secondary N) is 2. The van der Waals surface area contributed by atoms with Gasteiger partial charge in [-0.1, -0.05) is 18.2 Å². The standard InChI is InChI=1S/C20H24N2O4S2/c1-4-26-20(25)17-13(2)16(18(24)21-3)19(28-17)22-15(23)11-8-12-27-14-9-6-5-7-10-14/h5-7,9-10H,4,8,11-12H2,1-3H3,(H,21,24)(H,22,23). The zero-order valence-electron chi connectivity index (χ0n) is 16.2. The van der Waals surface area contributed by atoms with Crippen LogP contribution in [0.4, 0.5) is 5.00 Å². The van der Waals surface area contributed by atoms with E-state index in [0.717, 1.165) is 22.0 Å². The second-order valence-electron chi connectivity index (χ2n) is 5.87. The number of thiophene rings is 1. The Morgan fingerprint density at radius 1 is 1.18 bits per heavy atom. The summed E-state index contributed by atoms with van der Waals surface area (Å²) >= 11 is 2.76. The number of carbonyl (C=O) groups is 3. The van der Waals surface area contributed by atoms with Crippen molar-refractivity contribution in [2.45, 2.75) is 31.6 Å². The van der Waals surface area contributed by atoms with Gasteiger partial charge in [0.15, 0.2) is 0 Å². The SMILES string of the molecule is CCOC(=O)c1sc(NC(=O)CCCSc2ccccc2)c(C(=O)NC)c1C. The average Bonchev–Trinajstić information content (AvgIpc) is 3.01. The molecule has 1 heterocycles. The highest BCUT2D eigenvalue weighted by atomic mass is 32.2. The Kier molecular flexibility index (Phi) is 8.53. The minimum absolute atomic E-state index is 0.185. The molecule has 0 bridgehead atoms. The van der Waals surface area contributed by atoms with E-state index < -0.39 is 5.97 Å². The molecule has 1 aromatic heterocycles. The van der Waals surface area contributed by atoms with Gasteiger partial charge < -0.3 is 15.4 Å². The molecule has 0 aliphatic heterocycles. The van der Waals surface area contributed by atoms with Gasteiger partial charge in [0.05, 0.1) is 12.2 Å². The number of hydrogen-bond donors (Lipinski definition) is 2. The average molecular weight is 421 g/mol. The summed E-state index contributed by atoms with van der Waals surface area (Å²) in [7, 11) is 1.51. The maximum atomic E-state index is 12.3. The molecule has 0 aliphatic rings. The molecule has 0 atom stereocenters. The van der Waals surface area contributed by atoms with Crippen molar-refractivity contribution in [3.05, 3.63) is 46.3 Å². The normalized spacial score (nSPS) is 10.4. The summed E-state index contributed by atoms with van der Waals surface area (Å²) in [4.78, 5) is 38.2. The van der Waals surface area contributed by atoms with Crippen molar-refractivity contribution in [2.75, 3.05) is 24.7 Å². The molecule has 2 N–H and O–H groups in total. The number of amides is 2. The molecule has 0 aliphatic carbocycles. The molecular weight excluding hydrogens is 396 g/mol. The number of hydrogen-bond acceptors (Lipinski definition) is 6. The summed E-state index contributed by atoms with van der Waals surface area (Å²) in [5.74, 6) is -0.207. The number of anilines is 1. The van der Waals surface area contributed by atoms with Crippen molar-refractivity contribution in [3.63, 3.8) is 0 Å². The second-order valence-corrected chi connectivity index (χ2v) is 8.06. The zero-order valence-corrected chi connectivity index (χ0v) is 17.8. The van der Waals surface area contributed by atoms with Crippen LogP contribution in [-0.4, -0.2) is 37.2 Å². The molecule has 2 aromatic rings. The van der Waals surface area contributed by atoms with Gasteiger partial charge in [-0.15, -0.1) is 23.1 Å². The van der Waals surface area contributed by atoms with E-state index in [1.807, 2.05) is 30.3 Å². The molecule has 8 heteroatoms. The summed E-state index contributed by atoms with van der Waals surface area (Å²) in [6.07, 6.45) is 1.04. The smallest absolute Gasteiger partial charge is 0.348 e. The minimum Gasteiger partial charge on any atom is -0.462 e. The predicted molar refractivity (Wildman–Crippen MR) is 113 cm³/mol. The molecule has 0 saturated heterocycles. The van der Waals surface area contributed by atoms with Crippen LogP contribution in [0.2, 0.25) is 0 Å². The Morgan fingerprint density at radius 3 is 2.54 bits per heavy atom. The maximum absolute atomic E-state index is 12.3. The van der Waals surface area contributed by atoms with Crippen molar-refractivity contribution in [3.8, 4) is 0 Å². The third kappa shape index (κ3) is 5.84. The van der Waals surface area contributed by atoms with Crippen LogP contribution in [0, 0.1) is 6.92 Å². The summed E-state index contributed by atoms with van der Waals surface area (Å²) in [6, 6.07) is 10.00. The van der Waals surface area contributed by atoms with E-state index in [1.54, 1.807) is 25.6 Å². The largest absolute Gasteiger partial charge is 0.462 e. The van der Waals surface area contributed by atoms with Gasteiger partial charge in [-0.2, -0.15) is 0 Å². The van der Waals surface area contributed by atoms with Crippen molar-refractivity contribution in [2.24, 2.45) is 0 Å². The molecule has 1 aromatic carbocycles. The number of benzene rings is 1. The number of ether oxygens (including phenoxy) is 1. The summed E-state index contributed by atoms with van der Waals surface area (Å²) in [6.45, 7) is 3.64. The van der Waals surface area contributed by atoms with Crippen LogP contribution in [0.3, 0.4) is 0 Å². The van der Waals surface area contributed by atoms with Crippen LogP contribution in [-0.2, 0) is 9.53 Å². The summed E-state index contributed by atoms with van der Waals surface area (Å²) in [5.41, 5.74) is 0.820. The lowest BCUT2D eigenvalue weighted by Crippen LogP contribution is -2.21. The fourth-order valence-electron chi connectivity index (χ4n) is 2.52. The zero-order chi connectivity index (χ0) is 20.5. The number of esters is 1. The molecular formula is C20H24N2O4S2. The van der Waals surface area contributed by atoms with Crippen LogP contribution in [0.1, 0.15) is 45.4 Å². The molecule has 0 spiro atoms. The van der Waals surface area contributed by atoms with Gasteiger partial charge in [0.25, 0.3) is 5.91 Å². The van der Waals surface area contributed by atoms with Gasteiger partial charge in [-0.3, -0.25) is 9.59 Å². The quantitative estimate of drug-likeness (QED) is 0.362. The van der Waals surface area contributed by atoms with E-state index in [0.29, 0.717) is 33.8 Å². The van der Waals surface area contributed by atoms with E-state index in [4.69, 9.17) is 4.74 Å². The summed E-state index contributed by atoms with van der Waals surface area (Å²) < 4.78 is 5.04. The highest BCUT2D eigenvalue weighted by Crippen LogP contribution is 2.34. The van der Waals surface area contributed by atoms with E-state index in [2.05, 4.69) is 10.6 Å². The molecule has 0 saturated carbocycles. The van der Waals surface area contributed by atoms with E-state index in [-0.39, 0.29) is 18.4 Å². The molecule has 6 nitrogen and oxygen atoms in total. The van der Waals surface area contributed by atoms with Gasteiger partial charge in [0.1, 0.15) is 9.88 Å². The Labute approximate surface area is 173 Å². The van der Waals surface area contributed by atoms with E-state index in [1.165, 1.54) is 7.05 Å². The summed E-state index contributed by atoms with van der Waals surface area (Å²) in [5, 5.41) is 5.71. The fourth-order valence-corrected chi connectivity index (χ4v) is 4.51. The van der Waals surface area contributed by atoms with Crippen molar-refractivity contribution in [1.82, 2.24) is 5.32 Å². The third-order valence-corrected chi connectivity index (χ3v) is 6.16. The van der Waals surface area contributed by atoms with Crippen molar-refractivity contribution >= 4 is 45.9 Å². The Morgan fingerprint density at radius 2 is 1.89 bits per heavy atom. The Hall–Kier alpha value is -2.32. The van der Waals surface area contributed by atoms with E-state index in [9.17, 15) is 14.4 Å². The van der Waals surface area contributed by atoms with Crippen LogP contribution < -0.4 is 10.6 Å². The third-order valence-electron chi connectivity index (χ3n) is 3.87.